The van der Waals surface area contributed by atoms with E-state index in [-0.39, 0.29) is 5.88 Å². The minimum absolute atomic E-state index is 0.144. The van der Waals surface area contributed by atoms with Gasteiger partial charge in [0.15, 0.2) is 5.75 Å². The molecular formula is C10H15N3O3S. The van der Waals surface area contributed by atoms with E-state index in [0.29, 0.717) is 17.3 Å². The normalized spacial score (nSPS) is 9.88. The zero-order chi connectivity index (χ0) is 12.8. The monoisotopic (exact) mass is 257 g/mol. The molecule has 0 aromatic carbocycles. The first-order chi connectivity index (χ1) is 8.08. The van der Waals surface area contributed by atoms with Crippen LogP contribution in [0.5, 0.6) is 11.6 Å². The van der Waals surface area contributed by atoms with Crippen molar-refractivity contribution in [1.82, 2.24) is 14.9 Å². The molecule has 1 heterocycles. The van der Waals surface area contributed by atoms with E-state index in [4.69, 9.17) is 9.47 Å². The Bertz CT molecular complexity index is 398. The third kappa shape index (κ3) is 3.77. The molecule has 0 saturated heterocycles. The third-order valence-corrected chi connectivity index (χ3v) is 2.36. The molecule has 0 aliphatic heterocycles. The smallest absolute Gasteiger partial charge is 0.416 e. The van der Waals surface area contributed by atoms with Crippen LogP contribution in [-0.4, -0.2) is 48.4 Å². The van der Waals surface area contributed by atoms with Gasteiger partial charge in [-0.05, 0) is 6.26 Å². The number of aromatic nitrogens is 2. The predicted molar refractivity (Wildman–Crippen MR) is 65.5 cm³/mol. The molecule has 17 heavy (non-hydrogen) atoms. The fraction of sp³-hybridized carbons (Fsp3) is 0.500. The van der Waals surface area contributed by atoms with Crippen molar-refractivity contribution in [3.63, 3.8) is 0 Å². The van der Waals surface area contributed by atoms with Gasteiger partial charge in [0.2, 0.25) is 0 Å². The molecule has 0 aliphatic carbocycles. The Morgan fingerprint density at radius 2 is 2.24 bits per heavy atom. The van der Waals surface area contributed by atoms with E-state index in [1.807, 2.05) is 6.26 Å². The van der Waals surface area contributed by atoms with Crippen LogP contribution >= 0.6 is 11.8 Å². The Morgan fingerprint density at radius 3 is 2.76 bits per heavy atom. The summed E-state index contributed by atoms with van der Waals surface area (Å²) < 4.78 is 10.1. The molecule has 0 radical (unpaired) electrons. The van der Waals surface area contributed by atoms with Crippen molar-refractivity contribution in [2.75, 3.05) is 27.5 Å². The zero-order valence-electron chi connectivity index (χ0n) is 10.3. The summed E-state index contributed by atoms with van der Waals surface area (Å²) in [5, 5.41) is 0. The third-order valence-electron chi connectivity index (χ3n) is 1.81. The van der Waals surface area contributed by atoms with E-state index in [9.17, 15) is 4.79 Å². The van der Waals surface area contributed by atoms with Gasteiger partial charge >= 0.3 is 6.09 Å². The van der Waals surface area contributed by atoms with Crippen molar-refractivity contribution in [1.29, 1.82) is 0 Å². The summed E-state index contributed by atoms with van der Waals surface area (Å²) in [6, 6.07) is 0. The maximum atomic E-state index is 11.4. The second kappa shape index (κ2) is 6.29. The second-order valence-electron chi connectivity index (χ2n) is 3.36. The first-order valence-corrected chi connectivity index (χ1v) is 6.25. The van der Waals surface area contributed by atoms with Gasteiger partial charge < -0.3 is 14.4 Å². The molecule has 0 atom stereocenters. The Kier molecular flexibility index (Phi) is 5.02. The molecule has 0 spiro atoms. The quantitative estimate of drug-likeness (QED) is 0.812. The molecule has 0 unspecified atom stereocenters. The molecular weight excluding hydrogens is 242 g/mol. The number of thioether (sulfide) groups is 1. The van der Waals surface area contributed by atoms with Crippen molar-refractivity contribution < 1.29 is 14.3 Å². The van der Waals surface area contributed by atoms with E-state index < -0.39 is 6.09 Å². The van der Waals surface area contributed by atoms with Crippen molar-refractivity contribution in [3.05, 3.63) is 12.0 Å². The van der Waals surface area contributed by atoms with Gasteiger partial charge in [0.05, 0.1) is 19.1 Å². The lowest BCUT2D eigenvalue weighted by Gasteiger charge is -2.12. The van der Waals surface area contributed by atoms with Crippen molar-refractivity contribution in [3.8, 4) is 11.6 Å². The molecule has 0 saturated carbocycles. The summed E-state index contributed by atoms with van der Waals surface area (Å²) in [4.78, 5) is 21.0. The topological polar surface area (TPSA) is 64.6 Å². The summed E-state index contributed by atoms with van der Waals surface area (Å²) in [6.45, 7) is 0. The molecule has 0 bridgehead atoms. The number of nitrogens with zero attached hydrogens (tertiary/aromatic N) is 3. The maximum absolute atomic E-state index is 11.4. The highest BCUT2D eigenvalue weighted by Crippen LogP contribution is 2.24. The molecule has 0 N–H and O–H groups in total. The number of carbonyl (C=O) groups is 1. The van der Waals surface area contributed by atoms with Crippen molar-refractivity contribution in [2.45, 2.75) is 5.75 Å². The molecule has 0 fully saturated rings. The van der Waals surface area contributed by atoms with E-state index in [1.54, 1.807) is 25.9 Å². The van der Waals surface area contributed by atoms with Gasteiger partial charge in [-0.25, -0.2) is 9.78 Å². The summed E-state index contributed by atoms with van der Waals surface area (Å²) in [5.41, 5.74) is 0. The van der Waals surface area contributed by atoms with E-state index in [1.165, 1.54) is 18.2 Å². The summed E-state index contributed by atoms with van der Waals surface area (Å²) in [5.74, 6) is 1.73. The summed E-state index contributed by atoms with van der Waals surface area (Å²) in [7, 11) is 4.66. The van der Waals surface area contributed by atoms with Crippen LogP contribution in [0.2, 0.25) is 0 Å². The van der Waals surface area contributed by atoms with Gasteiger partial charge in [-0.1, -0.05) is 0 Å². The van der Waals surface area contributed by atoms with E-state index in [0.717, 1.165) is 0 Å². The molecule has 94 valence electrons. The van der Waals surface area contributed by atoms with Crippen LogP contribution in [-0.2, 0) is 5.75 Å². The van der Waals surface area contributed by atoms with Gasteiger partial charge in [-0.3, -0.25) is 0 Å². The van der Waals surface area contributed by atoms with Crippen LogP contribution in [0.15, 0.2) is 6.20 Å². The highest BCUT2D eigenvalue weighted by molar-refractivity contribution is 7.97. The lowest BCUT2D eigenvalue weighted by atomic mass is 10.5. The minimum Gasteiger partial charge on any atom is -0.490 e. The number of hydrogen-bond donors (Lipinski definition) is 0. The molecule has 6 nitrogen and oxygen atoms in total. The van der Waals surface area contributed by atoms with Crippen molar-refractivity contribution in [2.24, 2.45) is 0 Å². The fourth-order valence-electron chi connectivity index (χ4n) is 0.975. The average Bonchev–Trinajstić information content (AvgIpc) is 2.29. The van der Waals surface area contributed by atoms with Crippen molar-refractivity contribution >= 4 is 17.9 Å². The molecule has 7 heteroatoms. The number of hydrogen-bond acceptors (Lipinski definition) is 6. The lowest BCUT2D eigenvalue weighted by molar-refractivity contribution is 0.167. The SMILES string of the molecule is COc1cnc(CSC)nc1OC(=O)N(C)C. The minimum atomic E-state index is -0.503. The number of carbonyl (C=O) groups excluding carboxylic acids is 1. The first kappa shape index (κ1) is 13.6. The lowest BCUT2D eigenvalue weighted by Crippen LogP contribution is -2.26. The number of rotatable bonds is 4. The molecule has 1 aromatic rings. The molecule has 0 aliphatic rings. The van der Waals surface area contributed by atoms with Crippen LogP contribution in [0.4, 0.5) is 4.79 Å². The van der Waals surface area contributed by atoms with Gasteiger partial charge in [0.25, 0.3) is 5.88 Å². The molecule has 1 amide bonds. The largest absolute Gasteiger partial charge is 0.490 e. The molecule has 1 rings (SSSR count). The number of methoxy groups -OCH3 is 1. The van der Waals surface area contributed by atoms with Gasteiger partial charge in [0, 0.05) is 14.1 Å². The van der Waals surface area contributed by atoms with Crippen LogP contribution in [0, 0.1) is 0 Å². The zero-order valence-corrected chi connectivity index (χ0v) is 11.1. The summed E-state index contributed by atoms with van der Waals surface area (Å²) in [6.07, 6.45) is 2.94. The van der Waals surface area contributed by atoms with Crippen LogP contribution in [0.3, 0.4) is 0 Å². The van der Waals surface area contributed by atoms with Gasteiger partial charge in [0.1, 0.15) is 5.82 Å². The van der Waals surface area contributed by atoms with Crippen LogP contribution in [0.1, 0.15) is 5.82 Å². The first-order valence-electron chi connectivity index (χ1n) is 4.86. The Morgan fingerprint density at radius 1 is 1.53 bits per heavy atom. The van der Waals surface area contributed by atoms with Crippen LogP contribution in [0.25, 0.3) is 0 Å². The second-order valence-corrected chi connectivity index (χ2v) is 4.22. The predicted octanol–water partition coefficient (Wildman–Crippen LogP) is 1.41. The van der Waals surface area contributed by atoms with E-state index >= 15 is 0 Å². The standard InChI is InChI=1S/C10H15N3O3S/c1-13(2)10(14)16-9-7(15-3)5-11-8(12-9)6-17-4/h5H,6H2,1-4H3. The Balaban J connectivity index is 2.93. The summed E-state index contributed by atoms with van der Waals surface area (Å²) >= 11 is 1.59. The Hall–Kier alpha value is -1.50. The average molecular weight is 257 g/mol. The highest BCUT2D eigenvalue weighted by atomic mass is 32.2. The van der Waals surface area contributed by atoms with Gasteiger partial charge in [-0.15, -0.1) is 0 Å². The Labute approximate surface area is 104 Å². The van der Waals surface area contributed by atoms with Gasteiger partial charge in [-0.2, -0.15) is 16.7 Å². The maximum Gasteiger partial charge on any atom is 0.416 e. The molecule has 1 aromatic heterocycles. The number of amides is 1. The number of ether oxygens (including phenoxy) is 2. The highest BCUT2D eigenvalue weighted by Gasteiger charge is 2.14. The van der Waals surface area contributed by atoms with Crippen LogP contribution < -0.4 is 9.47 Å². The fourth-order valence-corrected chi connectivity index (χ4v) is 1.37. The van der Waals surface area contributed by atoms with E-state index in [2.05, 4.69) is 9.97 Å².